The Hall–Kier alpha value is -1.45. The van der Waals surface area contributed by atoms with Gasteiger partial charge >= 0.3 is 0 Å². The van der Waals surface area contributed by atoms with Crippen molar-refractivity contribution in [3.8, 4) is 5.75 Å². The molecule has 102 valence electrons. The van der Waals surface area contributed by atoms with E-state index in [0.717, 1.165) is 23.7 Å². The van der Waals surface area contributed by atoms with Crippen molar-refractivity contribution in [3.05, 3.63) is 52.9 Å². The molecule has 0 aliphatic rings. The van der Waals surface area contributed by atoms with Gasteiger partial charge in [-0.25, -0.2) is 0 Å². The molecule has 1 aromatic heterocycles. The highest BCUT2D eigenvalue weighted by molar-refractivity contribution is 6.30. The third-order valence-corrected chi connectivity index (χ3v) is 3.23. The van der Waals surface area contributed by atoms with Gasteiger partial charge in [-0.1, -0.05) is 18.5 Å². The number of rotatable bonds is 5. The van der Waals surface area contributed by atoms with Gasteiger partial charge in [0, 0.05) is 11.1 Å². The Balaban J connectivity index is 2.21. The van der Waals surface area contributed by atoms with E-state index in [2.05, 4.69) is 0 Å². The molecule has 0 radical (unpaired) electrons. The highest BCUT2D eigenvalue weighted by Crippen LogP contribution is 2.27. The molecule has 2 aromatic rings. The maximum atomic E-state index is 6.13. The molecule has 2 rings (SSSR count). The van der Waals surface area contributed by atoms with Gasteiger partial charge in [-0.05, 0) is 49.7 Å². The van der Waals surface area contributed by atoms with Gasteiger partial charge in [0.2, 0.25) is 0 Å². The van der Waals surface area contributed by atoms with Crippen molar-refractivity contribution in [2.24, 2.45) is 5.73 Å². The molecule has 3 nitrogen and oxygen atoms in total. The van der Waals surface area contributed by atoms with Crippen LogP contribution in [0.2, 0.25) is 5.02 Å². The van der Waals surface area contributed by atoms with E-state index in [9.17, 15) is 0 Å². The summed E-state index contributed by atoms with van der Waals surface area (Å²) in [6.07, 6.45) is 0.512. The summed E-state index contributed by atoms with van der Waals surface area (Å²) in [4.78, 5) is 0. The maximum absolute atomic E-state index is 6.13. The molecule has 0 aliphatic heterocycles. The molecular weight excluding hydrogens is 262 g/mol. The van der Waals surface area contributed by atoms with Gasteiger partial charge < -0.3 is 14.9 Å². The van der Waals surface area contributed by atoms with Crippen molar-refractivity contribution in [1.82, 2.24) is 0 Å². The number of benzene rings is 1. The second-order valence-electron chi connectivity index (χ2n) is 4.51. The number of halogens is 1. The van der Waals surface area contributed by atoms with Crippen LogP contribution < -0.4 is 10.5 Å². The van der Waals surface area contributed by atoms with E-state index in [4.69, 9.17) is 26.5 Å². The molecule has 4 heteroatoms. The van der Waals surface area contributed by atoms with Crippen LogP contribution in [-0.2, 0) is 0 Å². The van der Waals surface area contributed by atoms with Crippen molar-refractivity contribution in [2.45, 2.75) is 32.4 Å². The molecule has 1 aromatic carbocycles. The van der Waals surface area contributed by atoms with Crippen molar-refractivity contribution in [2.75, 3.05) is 0 Å². The van der Waals surface area contributed by atoms with Crippen LogP contribution in [0.25, 0.3) is 0 Å². The normalized spacial score (nSPS) is 14.1. The largest absolute Gasteiger partial charge is 0.481 e. The lowest BCUT2D eigenvalue weighted by Crippen LogP contribution is -2.31. The summed E-state index contributed by atoms with van der Waals surface area (Å²) in [5.74, 6) is 2.33. The van der Waals surface area contributed by atoms with Crippen LogP contribution in [0.5, 0.6) is 5.75 Å². The predicted molar refractivity (Wildman–Crippen MR) is 76.5 cm³/mol. The third kappa shape index (κ3) is 3.52. The lowest BCUT2D eigenvalue weighted by atomic mass is 10.1. The zero-order chi connectivity index (χ0) is 13.8. The highest BCUT2D eigenvalue weighted by Gasteiger charge is 2.23. The average molecular weight is 280 g/mol. The number of aryl methyl sites for hydroxylation is 1. The monoisotopic (exact) mass is 279 g/mol. The van der Waals surface area contributed by atoms with Crippen molar-refractivity contribution < 1.29 is 9.15 Å². The van der Waals surface area contributed by atoms with Crippen LogP contribution >= 0.6 is 11.6 Å². The summed E-state index contributed by atoms with van der Waals surface area (Å²) in [6.45, 7) is 3.93. The number of hydrogen-bond acceptors (Lipinski definition) is 3. The number of ether oxygens (including phenoxy) is 1. The van der Waals surface area contributed by atoms with Gasteiger partial charge in [0.15, 0.2) is 6.10 Å². The first-order valence-electron chi connectivity index (χ1n) is 6.34. The first-order valence-corrected chi connectivity index (χ1v) is 6.72. The fourth-order valence-corrected chi connectivity index (χ4v) is 1.96. The Morgan fingerprint density at radius 2 is 1.89 bits per heavy atom. The SMILES string of the molecule is CCC(N)C(Oc1ccc(Cl)cc1)c1ccc(C)o1. The number of hydrogen-bond donors (Lipinski definition) is 1. The van der Waals surface area contributed by atoms with Crippen LogP contribution in [0.1, 0.15) is 31.0 Å². The summed E-state index contributed by atoms with van der Waals surface area (Å²) in [6, 6.07) is 10.9. The molecule has 2 atom stereocenters. The molecule has 0 saturated heterocycles. The molecular formula is C15H18ClNO2. The van der Waals surface area contributed by atoms with Gasteiger partial charge in [-0.15, -0.1) is 0 Å². The van der Waals surface area contributed by atoms with Crippen molar-refractivity contribution in [3.63, 3.8) is 0 Å². The topological polar surface area (TPSA) is 48.4 Å². The van der Waals surface area contributed by atoms with Crippen molar-refractivity contribution in [1.29, 1.82) is 0 Å². The molecule has 19 heavy (non-hydrogen) atoms. The van der Waals surface area contributed by atoms with E-state index in [0.29, 0.717) is 5.02 Å². The zero-order valence-corrected chi connectivity index (χ0v) is 11.9. The van der Waals surface area contributed by atoms with E-state index in [-0.39, 0.29) is 12.1 Å². The van der Waals surface area contributed by atoms with Gasteiger partial charge in [0.1, 0.15) is 17.3 Å². The lowest BCUT2D eigenvalue weighted by molar-refractivity contribution is 0.143. The second kappa shape index (κ2) is 6.13. The molecule has 0 bridgehead atoms. The second-order valence-corrected chi connectivity index (χ2v) is 4.95. The van der Waals surface area contributed by atoms with E-state index in [1.807, 2.05) is 38.1 Å². The fourth-order valence-electron chi connectivity index (χ4n) is 1.84. The van der Waals surface area contributed by atoms with E-state index in [1.165, 1.54) is 0 Å². The molecule has 2 N–H and O–H groups in total. The zero-order valence-electron chi connectivity index (χ0n) is 11.1. The first kappa shape index (κ1) is 14.0. The minimum atomic E-state index is -0.292. The molecule has 1 heterocycles. The minimum Gasteiger partial charge on any atom is -0.481 e. The van der Waals surface area contributed by atoms with Crippen LogP contribution in [-0.4, -0.2) is 6.04 Å². The van der Waals surface area contributed by atoms with Gasteiger partial charge in [0.05, 0.1) is 0 Å². The Bertz CT molecular complexity index is 521. The summed E-state index contributed by atoms with van der Waals surface area (Å²) in [5.41, 5.74) is 6.13. The first-order chi connectivity index (χ1) is 9.10. The minimum absolute atomic E-state index is 0.124. The average Bonchev–Trinajstić information content (AvgIpc) is 2.83. The van der Waals surface area contributed by atoms with E-state index >= 15 is 0 Å². The summed E-state index contributed by atoms with van der Waals surface area (Å²) >= 11 is 5.86. The van der Waals surface area contributed by atoms with Gasteiger partial charge in [0.25, 0.3) is 0 Å². The maximum Gasteiger partial charge on any atom is 0.171 e. The number of nitrogens with two attached hydrogens (primary N) is 1. The molecule has 2 unspecified atom stereocenters. The summed E-state index contributed by atoms with van der Waals surface area (Å²) in [7, 11) is 0. The Labute approximate surface area is 118 Å². The number of furan rings is 1. The summed E-state index contributed by atoms with van der Waals surface area (Å²) in [5, 5.41) is 0.678. The Morgan fingerprint density at radius 1 is 1.21 bits per heavy atom. The fraction of sp³-hybridized carbons (Fsp3) is 0.333. The Kier molecular flexibility index (Phi) is 4.51. The highest BCUT2D eigenvalue weighted by atomic mass is 35.5. The Morgan fingerprint density at radius 3 is 2.42 bits per heavy atom. The smallest absolute Gasteiger partial charge is 0.171 e. The van der Waals surface area contributed by atoms with Crippen LogP contribution in [0, 0.1) is 6.92 Å². The van der Waals surface area contributed by atoms with E-state index < -0.39 is 0 Å². The van der Waals surface area contributed by atoms with Crippen molar-refractivity contribution >= 4 is 11.6 Å². The molecule has 0 aliphatic carbocycles. The van der Waals surface area contributed by atoms with Crippen LogP contribution in [0.4, 0.5) is 0 Å². The van der Waals surface area contributed by atoms with Crippen LogP contribution in [0.3, 0.4) is 0 Å². The lowest BCUT2D eigenvalue weighted by Gasteiger charge is -2.22. The van der Waals surface area contributed by atoms with E-state index in [1.54, 1.807) is 12.1 Å². The third-order valence-electron chi connectivity index (χ3n) is 2.98. The van der Waals surface area contributed by atoms with Crippen LogP contribution in [0.15, 0.2) is 40.8 Å². The molecule has 0 spiro atoms. The predicted octanol–water partition coefficient (Wildman–Crippen LogP) is 4.10. The molecule has 0 fully saturated rings. The quantitative estimate of drug-likeness (QED) is 0.896. The summed E-state index contributed by atoms with van der Waals surface area (Å²) < 4.78 is 11.6. The molecule has 0 saturated carbocycles. The molecule has 0 amide bonds. The van der Waals surface area contributed by atoms with Gasteiger partial charge in [-0.2, -0.15) is 0 Å². The standard InChI is InChI=1S/C15H18ClNO2/c1-3-13(17)15(14-9-4-10(2)18-14)19-12-7-5-11(16)6-8-12/h4-9,13,15H,3,17H2,1-2H3. The van der Waals surface area contributed by atoms with Gasteiger partial charge in [-0.3, -0.25) is 0 Å².